The number of rotatable bonds is 6. The van der Waals surface area contributed by atoms with E-state index in [1.165, 1.54) is 16.0 Å². The van der Waals surface area contributed by atoms with Gasteiger partial charge in [-0.1, -0.05) is 59.6 Å². The molecule has 0 fully saturated rings. The number of thioether (sulfide) groups is 1. The molecule has 0 heterocycles. The van der Waals surface area contributed by atoms with Gasteiger partial charge in [-0.3, -0.25) is 0 Å². The van der Waals surface area contributed by atoms with E-state index in [9.17, 15) is 0 Å². The smallest absolute Gasteiger partial charge is 0.0446 e. The van der Waals surface area contributed by atoms with E-state index in [4.69, 9.17) is 11.6 Å². The van der Waals surface area contributed by atoms with Crippen molar-refractivity contribution in [1.29, 1.82) is 0 Å². The molecule has 0 aliphatic heterocycles. The average molecular weight is 385 g/mol. The van der Waals surface area contributed by atoms with Gasteiger partial charge in [-0.15, -0.1) is 11.8 Å². The molecule has 0 radical (unpaired) electrons. The highest BCUT2D eigenvalue weighted by atomic mass is 79.9. The summed E-state index contributed by atoms with van der Waals surface area (Å²) >= 11 is 11.6. The van der Waals surface area contributed by atoms with Crippen molar-refractivity contribution in [2.24, 2.45) is 0 Å². The fourth-order valence-corrected chi connectivity index (χ4v) is 3.65. The van der Waals surface area contributed by atoms with Crippen molar-refractivity contribution in [3.05, 3.63) is 63.1 Å². The van der Waals surface area contributed by atoms with E-state index in [0.29, 0.717) is 6.04 Å². The van der Waals surface area contributed by atoms with Crippen molar-refractivity contribution in [2.75, 3.05) is 0 Å². The Bertz CT molecular complexity index is 601. The van der Waals surface area contributed by atoms with E-state index in [-0.39, 0.29) is 0 Å². The van der Waals surface area contributed by atoms with E-state index in [1.54, 1.807) is 0 Å². The molecule has 0 aromatic heterocycles. The van der Waals surface area contributed by atoms with Crippen LogP contribution in [0.2, 0.25) is 5.02 Å². The van der Waals surface area contributed by atoms with Gasteiger partial charge in [-0.2, -0.15) is 0 Å². The fourth-order valence-electron chi connectivity index (χ4n) is 1.91. The third-order valence-corrected chi connectivity index (χ3v) is 5.09. The SMILES string of the molecule is CC(C)NCc1cc(Br)ccc1SCc1ccccc1Cl. The third-order valence-electron chi connectivity index (χ3n) is 3.06. The van der Waals surface area contributed by atoms with Gasteiger partial charge in [0.2, 0.25) is 0 Å². The predicted octanol–water partition coefficient (Wildman–Crippen LogP) is 5.89. The summed E-state index contributed by atoms with van der Waals surface area (Å²) in [5, 5.41) is 4.32. The van der Waals surface area contributed by atoms with E-state index in [0.717, 1.165) is 21.8 Å². The Morgan fingerprint density at radius 1 is 1.14 bits per heavy atom. The number of benzene rings is 2. The molecule has 112 valence electrons. The summed E-state index contributed by atoms with van der Waals surface area (Å²) in [5.41, 5.74) is 2.49. The highest BCUT2D eigenvalue weighted by Crippen LogP contribution is 2.30. The molecule has 0 unspecified atom stereocenters. The quantitative estimate of drug-likeness (QED) is 0.623. The van der Waals surface area contributed by atoms with E-state index in [2.05, 4.69) is 59.4 Å². The zero-order chi connectivity index (χ0) is 15.2. The average Bonchev–Trinajstić information content (AvgIpc) is 2.45. The maximum absolute atomic E-state index is 6.23. The van der Waals surface area contributed by atoms with Crippen LogP contribution in [-0.2, 0) is 12.3 Å². The molecule has 0 saturated heterocycles. The first-order valence-electron chi connectivity index (χ1n) is 6.94. The molecule has 0 saturated carbocycles. The van der Waals surface area contributed by atoms with Crippen LogP contribution in [0, 0.1) is 0 Å². The number of halogens is 2. The number of hydrogen-bond acceptors (Lipinski definition) is 2. The molecular formula is C17H19BrClNS. The fraction of sp³-hybridized carbons (Fsp3) is 0.294. The molecule has 2 rings (SSSR count). The Hall–Kier alpha value is -0.480. The van der Waals surface area contributed by atoms with Crippen molar-refractivity contribution in [3.63, 3.8) is 0 Å². The van der Waals surface area contributed by atoms with Crippen LogP contribution in [0.3, 0.4) is 0 Å². The van der Waals surface area contributed by atoms with Crippen LogP contribution in [0.5, 0.6) is 0 Å². The summed E-state index contributed by atoms with van der Waals surface area (Å²) in [6.45, 7) is 5.20. The minimum Gasteiger partial charge on any atom is -0.310 e. The predicted molar refractivity (Wildman–Crippen MR) is 97.1 cm³/mol. The molecule has 0 atom stereocenters. The first-order valence-corrected chi connectivity index (χ1v) is 9.10. The Kier molecular flexibility index (Phi) is 6.62. The second kappa shape index (κ2) is 8.23. The number of hydrogen-bond donors (Lipinski definition) is 1. The van der Waals surface area contributed by atoms with Gasteiger partial charge in [0.1, 0.15) is 0 Å². The normalized spacial score (nSPS) is 11.1. The molecule has 0 bridgehead atoms. The van der Waals surface area contributed by atoms with E-state index in [1.807, 2.05) is 30.0 Å². The highest BCUT2D eigenvalue weighted by Gasteiger charge is 2.07. The maximum Gasteiger partial charge on any atom is 0.0446 e. The largest absolute Gasteiger partial charge is 0.310 e. The lowest BCUT2D eigenvalue weighted by Gasteiger charge is -2.13. The van der Waals surface area contributed by atoms with Crippen molar-refractivity contribution in [1.82, 2.24) is 5.32 Å². The van der Waals surface area contributed by atoms with Gasteiger partial charge in [-0.05, 0) is 35.4 Å². The minimum absolute atomic E-state index is 0.477. The molecular weight excluding hydrogens is 366 g/mol. The molecule has 0 aliphatic rings. The Morgan fingerprint density at radius 2 is 1.90 bits per heavy atom. The molecule has 1 nitrogen and oxygen atoms in total. The Morgan fingerprint density at radius 3 is 2.62 bits per heavy atom. The summed E-state index contributed by atoms with van der Waals surface area (Å²) in [5.74, 6) is 0.885. The molecule has 2 aromatic rings. The summed E-state index contributed by atoms with van der Waals surface area (Å²) in [7, 11) is 0. The third kappa shape index (κ3) is 5.33. The van der Waals surface area contributed by atoms with Gasteiger partial charge < -0.3 is 5.32 Å². The molecule has 0 amide bonds. The van der Waals surface area contributed by atoms with Crippen LogP contribution in [0.4, 0.5) is 0 Å². The van der Waals surface area contributed by atoms with Crippen LogP contribution >= 0.6 is 39.3 Å². The zero-order valence-corrected chi connectivity index (χ0v) is 15.4. The molecule has 2 aromatic carbocycles. The van der Waals surface area contributed by atoms with Gasteiger partial charge in [0.25, 0.3) is 0 Å². The van der Waals surface area contributed by atoms with Crippen LogP contribution in [-0.4, -0.2) is 6.04 Å². The summed E-state index contributed by atoms with van der Waals surface area (Å²) in [6.07, 6.45) is 0. The summed E-state index contributed by atoms with van der Waals surface area (Å²) in [6, 6.07) is 14.9. The maximum atomic E-state index is 6.23. The van der Waals surface area contributed by atoms with E-state index >= 15 is 0 Å². The van der Waals surface area contributed by atoms with Crippen molar-refractivity contribution in [3.8, 4) is 0 Å². The van der Waals surface area contributed by atoms with Crippen LogP contribution in [0.15, 0.2) is 51.8 Å². The van der Waals surface area contributed by atoms with Gasteiger partial charge in [0.05, 0.1) is 0 Å². The topological polar surface area (TPSA) is 12.0 Å². The molecule has 1 N–H and O–H groups in total. The van der Waals surface area contributed by atoms with Crippen molar-refractivity contribution in [2.45, 2.75) is 37.1 Å². The Labute approximate surface area is 144 Å². The first kappa shape index (κ1) is 16.9. The lowest BCUT2D eigenvalue weighted by molar-refractivity contribution is 0.584. The second-order valence-electron chi connectivity index (χ2n) is 5.17. The standard InChI is InChI=1S/C17H19BrClNS/c1-12(2)20-10-14-9-15(18)7-8-17(14)21-11-13-5-3-4-6-16(13)19/h3-9,12,20H,10-11H2,1-2H3. The molecule has 4 heteroatoms. The van der Waals surface area contributed by atoms with Crippen molar-refractivity contribution < 1.29 is 0 Å². The summed E-state index contributed by atoms with van der Waals surface area (Å²) in [4.78, 5) is 1.30. The Balaban J connectivity index is 2.10. The molecule has 0 aliphatic carbocycles. The van der Waals surface area contributed by atoms with Crippen molar-refractivity contribution >= 4 is 39.3 Å². The van der Waals surface area contributed by atoms with Crippen LogP contribution in [0.25, 0.3) is 0 Å². The highest BCUT2D eigenvalue weighted by molar-refractivity contribution is 9.10. The van der Waals surface area contributed by atoms with Crippen LogP contribution < -0.4 is 5.32 Å². The minimum atomic E-state index is 0.477. The summed E-state index contributed by atoms with van der Waals surface area (Å²) < 4.78 is 1.12. The molecule has 21 heavy (non-hydrogen) atoms. The molecule has 0 spiro atoms. The lowest BCUT2D eigenvalue weighted by atomic mass is 10.2. The van der Waals surface area contributed by atoms with E-state index < -0.39 is 0 Å². The lowest BCUT2D eigenvalue weighted by Crippen LogP contribution is -2.22. The zero-order valence-electron chi connectivity index (χ0n) is 12.2. The van der Waals surface area contributed by atoms with Gasteiger partial charge in [-0.25, -0.2) is 0 Å². The van der Waals surface area contributed by atoms with Gasteiger partial charge >= 0.3 is 0 Å². The van der Waals surface area contributed by atoms with Gasteiger partial charge in [0.15, 0.2) is 0 Å². The second-order valence-corrected chi connectivity index (χ2v) is 7.51. The van der Waals surface area contributed by atoms with Crippen LogP contribution in [0.1, 0.15) is 25.0 Å². The van der Waals surface area contributed by atoms with Gasteiger partial charge in [0, 0.05) is 32.7 Å². The first-order chi connectivity index (χ1) is 10.1. The number of nitrogens with one attached hydrogen (secondary N) is 1. The monoisotopic (exact) mass is 383 g/mol.